The van der Waals surface area contributed by atoms with Crippen molar-refractivity contribution in [3.8, 4) is 0 Å². The molecule has 4 rings (SSSR count). The first-order chi connectivity index (χ1) is 10.0. The highest BCUT2D eigenvalue weighted by molar-refractivity contribution is 7.89. The van der Waals surface area contributed by atoms with Crippen molar-refractivity contribution in [3.63, 3.8) is 0 Å². The third-order valence-electron chi connectivity index (χ3n) is 5.20. The first kappa shape index (κ1) is 13.8. The molecule has 1 saturated heterocycles. The summed E-state index contributed by atoms with van der Waals surface area (Å²) in [5.74, 6) is 0.587. The van der Waals surface area contributed by atoms with Crippen LogP contribution >= 0.6 is 0 Å². The quantitative estimate of drug-likeness (QED) is 0.896. The lowest BCUT2D eigenvalue weighted by Gasteiger charge is -2.25. The molecule has 6 heteroatoms. The monoisotopic (exact) mass is 309 g/mol. The van der Waals surface area contributed by atoms with Gasteiger partial charge in [0.15, 0.2) is 0 Å². The molecule has 2 saturated carbocycles. The van der Waals surface area contributed by atoms with Crippen LogP contribution < -0.4 is 5.32 Å². The summed E-state index contributed by atoms with van der Waals surface area (Å²) in [6.45, 7) is 1.47. The molecule has 3 fully saturated rings. The first-order valence-electron chi connectivity index (χ1n) is 7.94. The zero-order chi connectivity index (χ0) is 14.6. The molecule has 116 valence electrons. The molecular weight excluding hydrogens is 286 g/mol. The van der Waals surface area contributed by atoms with Gasteiger partial charge in [-0.25, -0.2) is 8.42 Å². The number of nitrogens with zero attached hydrogens (tertiary/aromatic N) is 2. The van der Waals surface area contributed by atoms with E-state index in [0.717, 1.165) is 31.6 Å². The molecule has 0 aromatic carbocycles. The Morgan fingerprint density at radius 1 is 1.29 bits per heavy atom. The molecule has 0 radical (unpaired) electrons. The molecule has 3 aliphatic rings. The second-order valence-corrected chi connectivity index (χ2v) is 8.73. The van der Waals surface area contributed by atoms with Crippen molar-refractivity contribution < 1.29 is 8.42 Å². The predicted octanol–water partition coefficient (Wildman–Crippen LogP) is 1.45. The molecule has 1 aromatic rings. The summed E-state index contributed by atoms with van der Waals surface area (Å²) in [6.07, 6.45) is 7.54. The lowest BCUT2D eigenvalue weighted by atomic mass is 10.1. The number of hydrogen-bond donors (Lipinski definition) is 1. The highest BCUT2D eigenvalue weighted by Crippen LogP contribution is 2.40. The zero-order valence-electron chi connectivity index (χ0n) is 12.5. The van der Waals surface area contributed by atoms with E-state index in [1.807, 2.05) is 17.7 Å². The molecule has 0 spiro atoms. The Morgan fingerprint density at radius 3 is 2.71 bits per heavy atom. The maximum absolute atomic E-state index is 12.8. The summed E-state index contributed by atoms with van der Waals surface area (Å²) in [5, 5.41) is 3.45. The average molecular weight is 309 g/mol. The van der Waals surface area contributed by atoms with Gasteiger partial charge in [-0.3, -0.25) is 0 Å². The maximum atomic E-state index is 12.8. The largest absolute Gasteiger partial charge is 0.352 e. The lowest BCUT2D eigenvalue weighted by Crippen LogP contribution is -2.37. The normalized spacial score (nSPS) is 29.4. The summed E-state index contributed by atoms with van der Waals surface area (Å²) in [4.78, 5) is 0.463. The summed E-state index contributed by atoms with van der Waals surface area (Å²) in [7, 11) is -1.38. The minimum atomic E-state index is -3.31. The average Bonchev–Trinajstić information content (AvgIpc) is 2.86. The fourth-order valence-electron chi connectivity index (χ4n) is 3.74. The number of nitrogens with one attached hydrogen (secondary N) is 1. The Bertz CT molecular complexity index is 648. The fourth-order valence-corrected chi connectivity index (χ4v) is 5.58. The van der Waals surface area contributed by atoms with Crippen molar-refractivity contribution in [2.45, 2.75) is 55.6 Å². The van der Waals surface area contributed by atoms with Gasteiger partial charge in [-0.2, -0.15) is 4.31 Å². The molecule has 1 aromatic heterocycles. The summed E-state index contributed by atoms with van der Waals surface area (Å²) < 4.78 is 29.4. The standard InChI is InChI=1S/C15H23N3O2S/c1-17-10-15(7-14(17)8-16-12-3-4-12)21(19,20)18-9-11-2-5-13(18)6-11/h7,10-13,16H,2-6,8-9H2,1H3. The van der Waals surface area contributed by atoms with E-state index in [0.29, 0.717) is 16.9 Å². The van der Waals surface area contributed by atoms with Gasteiger partial charge in [0.2, 0.25) is 10.0 Å². The van der Waals surface area contributed by atoms with E-state index in [1.165, 1.54) is 19.3 Å². The van der Waals surface area contributed by atoms with Gasteiger partial charge in [0.1, 0.15) is 4.90 Å². The molecule has 5 nitrogen and oxygen atoms in total. The highest BCUT2D eigenvalue weighted by atomic mass is 32.2. The summed E-state index contributed by atoms with van der Waals surface area (Å²) >= 11 is 0. The van der Waals surface area contributed by atoms with E-state index in [9.17, 15) is 8.42 Å². The highest BCUT2D eigenvalue weighted by Gasteiger charge is 2.44. The van der Waals surface area contributed by atoms with Crippen LogP contribution in [0.15, 0.2) is 17.2 Å². The van der Waals surface area contributed by atoms with Crippen LogP contribution in [0.4, 0.5) is 0 Å². The topological polar surface area (TPSA) is 54.3 Å². The molecule has 2 bridgehead atoms. The lowest BCUT2D eigenvalue weighted by molar-refractivity contribution is 0.333. The smallest absolute Gasteiger partial charge is 0.244 e. The maximum Gasteiger partial charge on any atom is 0.244 e. The fraction of sp³-hybridized carbons (Fsp3) is 0.733. The second-order valence-electron chi connectivity index (χ2n) is 6.84. The number of sulfonamides is 1. The van der Waals surface area contributed by atoms with Crippen LogP contribution in [-0.4, -0.2) is 35.9 Å². The Kier molecular flexibility index (Phi) is 3.17. The van der Waals surface area contributed by atoms with E-state index in [2.05, 4.69) is 5.32 Å². The minimum absolute atomic E-state index is 0.244. The number of hydrogen-bond acceptors (Lipinski definition) is 3. The molecule has 2 aliphatic carbocycles. The number of aromatic nitrogens is 1. The van der Waals surface area contributed by atoms with Crippen molar-refractivity contribution in [1.82, 2.24) is 14.2 Å². The third-order valence-corrected chi connectivity index (χ3v) is 7.08. The third kappa shape index (κ3) is 2.43. The number of rotatable bonds is 5. The van der Waals surface area contributed by atoms with Gasteiger partial charge in [-0.05, 0) is 44.1 Å². The van der Waals surface area contributed by atoms with Crippen LogP contribution in [0.25, 0.3) is 0 Å². The van der Waals surface area contributed by atoms with Crippen LogP contribution in [-0.2, 0) is 23.6 Å². The van der Waals surface area contributed by atoms with Crippen LogP contribution in [0.1, 0.15) is 37.8 Å². The Balaban J connectivity index is 1.55. The molecular formula is C15H23N3O2S. The van der Waals surface area contributed by atoms with Crippen LogP contribution in [0.3, 0.4) is 0 Å². The van der Waals surface area contributed by atoms with Crippen LogP contribution in [0.2, 0.25) is 0 Å². The van der Waals surface area contributed by atoms with E-state index >= 15 is 0 Å². The number of aryl methyl sites for hydroxylation is 1. The minimum Gasteiger partial charge on any atom is -0.352 e. The van der Waals surface area contributed by atoms with Crippen molar-refractivity contribution >= 4 is 10.0 Å². The van der Waals surface area contributed by atoms with E-state index in [1.54, 1.807) is 10.5 Å². The van der Waals surface area contributed by atoms with E-state index in [-0.39, 0.29) is 6.04 Å². The van der Waals surface area contributed by atoms with Gasteiger partial charge in [-0.15, -0.1) is 0 Å². The van der Waals surface area contributed by atoms with Gasteiger partial charge in [0, 0.05) is 44.1 Å². The van der Waals surface area contributed by atoms with Crippen molar-refractivity contribution in [2.75, 3.05) is 6.54 Å². The first-order valence-corrected chi connectivity index (χ1v) is 9.38. The van der Waals surface area contributed by atoms with Crippen molar-refractivity contribution in [1.29, 1.82) is 0 Å². The zero-order valence-corrected chi connectivity index (χ0v) is 13.3. The van der Waals surface area contributed by atoms with Crippen LogP contribution in [0.5, 0.6) is 0 Å². The van der Waals surface area contributed by atoms with Gasteiger partial charge in [0.25, 0.3) is 0 Å². The van der Waals surface area contributed by atoms with Gasteiger partial charge in [0.05, 0.1) is 0 Å². The number of piperidine rings is 1. The van der Waals surface area contributed by atoms with E-state index in [4.69, 9.17) is 0 Å². The van der Waals surface area contributed by atoms with Crippen molar-refractivity contribution in [2.24, 2.45) is 13.0 Å². The molecule has 2 heterocycles. The molecule has 2 unspecified atom stereocenters. The summed E-state index contributed by atoms with van der Waals surface area (Å²) in [5.41, 5.74) is 1.05. The van der Waals surface area contributed by atoms with Crippen molar-refractivity contribution in [3.05, 3.63) is 18.0 Å². The second kappa shape index (κ2) is 4.83. The SMILES string of the molecule is Cn1cc(S(=O)(=O)N2CC3CCC2C3)cc1CNC1CC1. The number of fused-ring (bicyclic) bond motifs is 2. The van der Waals surface area contributed by atoms with Gasteiger partial charge in [-0.1, -0.05) is 0 Å². The predicted molar refractivity (Wildman–Crippen MR) is 80.3 cm³/mol. The Labute approximate surface area is 126 Å². The molecule has 1 N–H and O–H groups in total. The molecule has 21 heavy (non-hydrogen) atoms. The molecule has 1 aliphatic heterocycles. The Hall–Kier alpha value is -0.850. The molecule has 0 amide bonds. The Morgan fingerprint density at radius 2 is 2.10 bits per heavy atom. The van der Waals surface area contributed by atoms with Gasteiger partial charge >= 0.3 is 0 Å². The van der Waals surface area contributed by atoms with Crippen LogP contribution in [0, 0.1) is 5.92 Å². The van der Waals surface area contributed by atoms with Gasteiger partial charge < -0.3 is 9.88 Å². The molecule has 2 atom stereocenters. The summed E-state index contributed by atoms with van der Waals surface area (Å²) in [6, 6.07) is 2.72. The van der Waals surface area contributed by atoms with E-state index < -0.39 is 10.0 Å².